The first-order valence-corrected chi connectivity index (χ1v) is 9.51. The first kappa shape index (κ1) is 21.6. The first-order chi connectivity index (χ1) is 13.6. The summed E-state index contributed by atoms with van der Waals surface area (Å²) in [6, 6.07) is 12.2. The molecule has 0 aliphatic rings. The number of hydrogen-bond acceptors (Lipinski definition) is 5. The van der Waals surface area contributed by atoms with Crippen LogP contribution in [0, 0.1) is 0 Å². The number of rotatable bonds is 11. The highest BCUT2D eigenvalue weighted by Crippen LogP contribution is 2.27. The molecule has 0 atom stereocenters. The molecule has 0 bridgehead atoms. The molecule has 6 nitrogen and oxygen atoms in total. The third-order valence-corrected chi connectivity index (χ3v) is 4.03. The van der Waals surface area contributed by atoms with Gasteiger partial charge in [0, 0.05) is 5.02 Å². The van der Waals surface area contributed by atoms with Crippen molar-refractivity contribution in [2.75, 3.05) is 20.3 Å². The van der Waals surface area contributed by atoms with Gasteiger partial charge in [-0.1, -0.05) is 31.4 Å². The fourth-order valence-electron chi connectivity index (χ4n) is 2.31. The summed E-state index contributed by atoms with van der Waals surface area (Å²) in [6.45, 7) is 2.66. The minimum absolute atomic E-state index is 0.146. The van der Waals surface area contributed by atoms with Crippen LogP contribution in [0.25, 0.3) is 0 Å². The zero-order valence-electron chi connectivity index (χ0n) is 16.1. The lowest BCUT2D eigenvalue weighted by molar-refractivity contribution is -0.123. The Labute approximate surface area is 170 Å². The van der Waals surface area contributed by atoms with E-state index in [1.807, 2.05) is 12.1 Å². The molecule has 28 heavy (non-hydrogen) atoms. The molecule has 0 saturated carbocycles. The van der Waals surface area contributed by atoms with Crippen molar-refractivity contribution in [2.24, 2.45) is 5.10 Å². The molecule has 0 saturated heterocycles. The Balaban J connectivity index is 1.82. The number of methoxy groups -OCH3 is 1. The molecule has 0 aromatic heterocycles. The van der Waals surface area contributed by atoms with E-state index >= 15 is 0 Å². The monoisotopic (exact) mass is 404 g/mol. The van der Waals surface area contributed by atoms with Gasteiger partial charge in [0.05, 0.1) is 19.9 Å². The summed E-state index contributed by atoms with van der Waals surface area (Å²) in [6.07, 6.45) is 4.82. The van der Waals surface area contributed by atoms with E-state index in [0.29, 0.717) is 28.9 Å². The van der Waals surface area contributed by atoms with Gasteiger partial charge in [-0.2, -0.15) is 5.10 Å². The van der Waals surface area contributed by atoms with Crippen molar-refractivity contribution in [3.63, 3.8) is 0 Å². The van der Waals surface area contributed by atoms with Gasteiger partial charge in [0.25, 0.3) is 5.91 Å². The third-order valence-electron chi connectivity index (χ3n) is 3.78. The van der Waals surface area contributed by atoms with E-state index in [9.17, 15) is 4.79 Å². The van der Waals surface area contributed by atoms with Crippen molar-refractivity contribution in [1.29, 1.82) is 0 Å². The molecule has 7 heteroatoms. The van der Waals surface area contributed by atoms with Gasteiger partial charge < -0.3 is 14.2 Å². The quantitative estimate of drug-likeness (QED) is 0.341. The SMILES string of the molecule is CCCCCOc1ccc(/C=N/NC(=O)COc2ccc(Cl)cc2)cc1OC. The van der Waals surface area contributed by atoms with Crippen LogP contribution in [0.4, 0.5) is 0 Å². The molecular weight excluding hydrogens is 380 g/mol. The van der Waals surface area contributed by atoms with Crippen molar-refractivity contribution in [1.82, 2.24) is 5.43 Å². The van der Waals surface area contributed by atoms with Crippen LogP contribution >= 0.6 is 11.6 Å². The normalized spacial score (nSPS) is 10.7. The van der Waals surface area contributed by atoms with Crippen LogP contribution in [0.2, 0.25) is 5.02 Å². The number of carbonyl (C=O) groups excluding carboxylic acids is 1. The summed E-state index contributed by atoms with van der Waals surface area (Å²) < 4.78 is 16.5. The van der Waals surface area contributed by atoms with E-state index in [1.54, 1.807) is 37.4 Å². The largest absolute Gasteiger partial charge is 0.493 e. The highest BCUT2D eigenvalue weighted by molar-refractivity contribution is 6.30. The van der Waals surface area contributed by atoms with Gasteiger partial charge in [-0.15, -0.1) is 0 Å². The van der Waals surface area contributed by atoms with E-state index in [0.717, 1.165) is 24.8 Å². The smallest absolute Gasteiger partial charge is 0.277 e. The van der Waals surface area contributed by atoms with Crippen molar-refractivity contribution in [3.05, 3.63) is 53.1 Å². The van der Waals surface area contributed by atoms with E-state index in [2.05, 4.69) is 17.5 Å². The summed E-state index contributed by atoms with van der Waals surface area (Å²) in [5, 5.41) is 4.54. The Morgan fingerprint density at radius 3 is 2.61 bits per heavy atom. The second kappa shape index (κ2) is 11.9. The molecule has 1 amide bonds. The van der Waals surface area contributed by atoms with Crippen molar-refractivity contribution in [3.8, 4) is 17.2 Å². The predicted octanol–water partition coefficient (Wildman–Crippen LogP) is 4.45. The number of benzene rings is 2. The third kappa shape index (κ3) is 7.48. The van der Waals surface area contributed by atoms with E-state index in [1.165, 1.54) is 6.21 Å². The Morgan fingerprint density at radius 1 is 1.11 bits per heavy atom. The highest BCUT2D eigenvalue weighted by atomic mass is 35.5. The molecular formula is C21H25ClN2O4. The molecule has 0 heterocycles. The van der Waals surface area contributed by atoms with E-state index in [-0.39, 0.29) is 12.5 Å². The van der Waals surface area contributed by atoms with Gasteiger partial charge in [0.2, 0.25) is 0 Å². The average molecular weight is 405 g/mol. The number of nitrogens with one attached hydrogen (secondary N) is 1. The van der Waals surface area contributed by atoms with Crippen LogP contribution in [0.5, 0.6) is 17.2 Å². The standard InChI is InChI=1S/C21H25ClN2O4/c1-3-4-5-12-27-19-11-6-16(13-20(19)26-2)14-23-24-21(25)15-28-18-9-7-17(22)8-10-18/h6-11,13-14H,3-5,12,15H2,1-2H3,(H,24,25)/b23-14+. The van der Waals surface area contributed by atoms with Gasteiger partial charge in [-0.05, 0) is 54.4 Å². The minimum atomic E-state index is -0.367. The maximum atomic E-state index is 11.8. The van der Waals surface area contributed by atoms with Crippen molar-refractivity contribution >= 4 is 23.7 Å². The number of carbonyl (C=O) groups is 1. The maximum Gasteiger partial charge on any atom is 0.277 e. The van der Waals surface area contributed by atoms with Gasteiger partial charge in [-0.25, -0.2) is 5.43 Å². The molecule has 0 unspecified atom stereocenters. The molecule has 2 aromatic carbocycles. The summed E-state index contributed by atoms with van der Waals surface area (Å²) >= 11 is 5.80. The number of hydrogen-bond donors (Lipinski definition) is 1. The number of unbranched alkanes of at least 4 members (excludes halogenated alkanes) is 2. The molecule has 2 aromatic rings. The van der Waals surface area contributed by atoms with Crippen LogP contribution in [0.15, 0.2) is 47.6 Å². The Hall–Kier alpha value is -2.73. The first-order valence-electron chi connectivity index (χ1n) is 9.13. The Morgan fingerprint density at radius 2 is 1.89 bits per heavy atom. The average Bonchev–Trinajstić information content (AvgIpc) is 2.71. The molecule has 1 N–H and O–H groups in total. The number of hydrazone groups is 1. The minimum Gasteiger partial charge on any atom is -0.493 e. The van der Waals surface area contributed by atoms with Crippen molar-refractivity contribution < 1.29 is 19.0 Å². The van der Waals surface area contributed by atoms with E-state index in [4.69, 9.17) is 25.8 Å². The number of amides is 1. The van der Waals surface area contributed by atoms with Gasteiger partial charge in [-0.3, -0.25) is 4.79 Å². The summed E-state index contributed by atoms with van der Waals surface area (Å²) in [5.41, 5.74) is 3.20. The fraction of sp³-hybridized carbons (Fsp3) is 0.333. The molecule has 0 spiro atoms. The van der Waals surface area contributed by atoms with Crippen LogP contribution in [-0.2, 0) is 4.79 Å². The van der Waals surface area contributed by atoms with Gasteiger partial charge in [0.1, 0.15) is 5.75 Å². The molecule has 0 fully saturated rings. The van der Waals surface area contributed by atoms with Crippen LogP contribution < -0.4 is 19.6 Å². The number of ether oxygens (including phenoxy) is 3. The highest BCUT2D eigenvalue weighted by Gasteiger charge is 2.05. The molecule has 0 radical (unpaired) electrons. The molecule has 0 aliphatic heterocycles. The van der Waals surface area contributed by atoms with Crippen molar-refractivity contribution in [2.45, 2.75) is 26.2 Å². The van der Waals surface area contributed by atoms with E-state index < -0.39 is 0 Å². The van der Waals surface area contributed by atoms with Gasteiger partial charge in [0.15, 0.2) is 18.1 Å². The zero-order chi connectivity index (χ0) is 20.2. The molecule has 2 rings (SSSR count). The Bertz CT molecular complexity index is 778. The second-order valence-corrected chi connectivity index (χ2v) is 6.44. The zero-order valence-corrected chi connectivity index (χ0v) is 16.9. The molecule has 150 valence electrons. The predicted molar refractivity (Wildman–Crippen MR) is 111 cm³/mol. The van der Waals surface area contributed by atoms with Crippen LogP contribution in [0.1, 0.15) is 31.7 Å². The lowest BCUT2D eigenvalue weighted by atomic mass is 10.2. The second-order valence-electron chi connectivity index (χ2n) is 6.00. The number of nitrogens with zero attached hydrogens (tertiary/aromatic N) is 1. The molecule has 0 aliphatic carbocycles. The van der Waals surface area contributed by atoms with Crippen LogP contribution in [-0.4, -0.2) is 32.4 Å². The lowest BCUT2D eigenvalue weighted by Crippen LogP contribution is -2.24. The lowest BCUT2D eigenvalue weighted by Gasteiger charge is -2.11. The summed E-state index contributed by atoms with van der Waals surface area (Å²) in [5.74, 6) is 1.51. The summed E-state index contributed by atoms with van der Waals surface area (Å²) in [7, 11) is 1.59. The van der Waals surface area contributed by atoms with Crippen LogP contribution in [0.3, 0.4) is 0 Å². The number of halogens is 1. The topological polar surface area (TPSA) is 69.2 Å². The Kier molecular flexibility index (Phi) is 9.15. The fourth-order valence-corrected chi connectivity index (χ4v) is 2.43. The summed E-state index contributed by atoms with van der Waals surface area (Å²) in [4.78, 5) is 11.8. The maximum absolute atomic E-state index is 11.8. The van der Waals surface area contributed by atoms with Gasteiger partial charge >= 0.3 is 0 Å².